The van der Waals surface area contributed by atoms with E-state index in [-0.39, 0.29) is 11.4 Å². The largest absolute Gasteiger partial charge is 0.379 e. The first-order valence-electron chi connectivity index (χ1n) is 10.4. The highest BCUT2D eigenvalue weighted by Crippen LogP contribution is 2.34. The number of ether oxygens (including phenoxy) is 1. The van der Waals surface area contributed by atoms with E-state index in [2.05, 4.69) is 15.4 Å². The minimum atomic E-state index is -0.0540. The zero-order valence-corrected chi connectivity index (χ0v) is 17.6. The van der Waals surface area contributed by atoms with Gasteiger partial charge in [-0.1, -0.05) is 35.5 Å². The summed E-state index contributed by atoms with van der Waals surface area (Å²) in [6.07, 6.45) is 1.10. The zero-order chi connectivity index (χ0) is 20.4. The quantitative estimate of drug-likeness (QED) is 0.678. The normalized spacial score (nSPS) is 22.4. The molecule has 0 radical (unpaired) electrons. The number of rotatable bonds is 5. The minimum absolute atomic E-state index is 0.0284. The number of carbonyl (C=O) groups excluding carboxylic acids is 1. The lowest BCUT2D eigenvalue weighted by Gasteiger charge is -2.43. The molecule has 5 rings (SSSR count). The van der Waals surface area contributed by atoms with E-state index in [1.54, 1.807) is 0 Å². The van der Waals surface area contributed by atoms with Crippen LogP contribution < -0.4 is 5.32 Å². The Morgan fingerprint density at radius 1 is 1.17 bits per heavy atom. The fourth-order valence-corrected chi connectivity index (χ4v) is 5.84. The number of nitrogens with zero attached hydrogens (tertiary/aromatic N) is 2. The van der Waals surface area contributed by atoms with Crippen molar-refractivity contribution in [2.24, 2.45) is 0 Å². The van der Waals surface area contributed by atoms with Gasteiger partial charge in [0.05, 0.1) is 18.6 Å². The van der Waals surface area contributed by atoms with E-state index in [0.29, 0.717) is 17.9 Å². The zero-order valence-electron chi connectivity index (χ0n) is 16.8. The van der Waals surface area contributed by atoms with Gasteiger partial charge in [0.1, 0.15) is 5.52 Å². The Morgan fingerprint density at radius 2 is 2.00 bits per heavy atom. The average molecular weight is 424 g/mol. The number of benzene rings is 2. The van der Waals surface area contributed by atoms with Crippen LogP contribution in [0.25, 0.3) is 22.2 Å². The Balaban J connectivity index is 1.35. The lowest BCUT2D eigenvalue weighted by molar-refractivity contribution is -0.0129. The first kappa shape index (κ1) is 19.6. The molecule has 30 heavy (non-hydrogen) atoms. The lowest BCUT2D eigenvalue weighted by atomic mass is 9.95. The number of hydrogen-bond donors (Lipinski definition) is 1. The van der Waals surface area contributed by atoms with Gasteiger partial charge >= 0.3 is 0 Å². The predicted octanol–water partition coefficient (Wildman–Crippen LogP) is 3.43. The SMILES string of the molecule is O=C(NCC1(N2CCOCC2)CCSC1)c1ccc2noc(-c3ccccc3)c2c1. The van der Waals surface area contributed by atoms with Gasteiger partial charge in [0, 0.05) is 42.1 Å². The van der Waals surface area contributed by atoms with Crippen LogP contribution in [0.4, 0.5) is 0 Å². The van der Waals surface area contributed by atoms with Gasteiger partial charge < -0.3 is 14.6 Å². The number of fused-ring (bicyclic) bond motifs is 1. The van der Waals surface area contributed by atoms with Crippen molar-refractivity contribution in [3.8, 4) is 11.3 Å². The molecule has 0 saturated carbocycles. The van der Waals surface area contributed by atoms with E-state index in [1.165, 1.54) is 0 Å². The van der Waals surface area contributed by atoms with E-state index in [4.69, 9.17) is 9.26 Å². The molecule has 2 aliphatic rings. The summed E-state index contributed by atoms with van der Waals surface area (Å²) in [5, 5.41) is 8.21. The number of hydrogen-bond acceptors (Lipinski definition) is 6. The maximum atomic E-state index is 13.0. The summed E-state index contributed by atoms with van der Waals surface area (Å²) in [4.78, 5) is 15.5. The maximum Gasteiger partial charge on any atom is 0.251 e. The summed E-state index contributed by atoms with van der Waals surface area (Å²) in [5.41, 5.74) is 2.36. The molecule has 1 aromatic heterocycles. The van der Waals surface area contributed by atoms with E-state index in [1.807, 2.05) is 60.3 Å². The highest BCUT2D eigenvalue weighted by atomic mass is 32.2. The second-order valence-electron chi connectivity index (χ2n) is 7.92. The molecular formula is C23H25N3O3S. The molecule has 7 heteroatoms. The van der Waals surface area contributed by atoms with Crippen molar-refractivity contribution in [1.29, 1.82) is 0 Å². The molecule has 1 unspecified atom stereocenters. The third-order valence-corrected chi connectivity index (χ3v) is 7.35. The molecule has 0 aliphatic carbocycles. The van der Waals surface area contributed by atoms with Gasteiger partial charge in [0.25, 0.3) is 5.91 Å². The molecular weight excluding hydrogens is 398 g/mol. The molecule has 2 aliphatic heterocycles. The van der Waals surface area contributed by atoms with Gasteiger partial charge in [-0.25, -0.2) is 0 Å². The number of thioether (sulfide) groups is 1. The third-order valence-electron chi connectivity index (χ3n) is 6.12. The van der Waals surface area contributed by atoms with Crippen molar-refractivity contribution in [3.05, 3.63) is 54.1 Å². The van der Waals surface area contributed by atoms with Crippen molar-refractivity contribution >= 4 is 28.6 Å². The number of morpholine rings is 1. The Kier molecular flexibility index (Phi) is 5.50. The number of amides is 1. The second kappa shape index (κ2) is 8.41. The fourth-order valence-electron chi connectivity index (χ4n) is 4.36. The van der Waals surface area contributed by atoms with Crippen molar-refractivity contribution in [1.82, 2.24) is 15.4 Å². The van der Waals surface area contributed by atoms with Crippen LogP contribution in [-0.4, -0.2) is 65.9 Å². The number of aromatic nitrogens is 1. The van der Waals surface area contributed by atoms with E-state index in [9.17, 15) is 4.79 Å². The second-order valence-corrected chi connectivity index (χ2v) is 9.02. The van der Waals surface area contributed by atoms with Crippen molar-refractivity contribution in [3.63, 3.8) is 0 Å². The van der Waals surface area contributed by atoms with E-state index < -0.39 is 0 Å². The maximum absolute atomic E-state index is 13.0. The summed E-state index contributed by atoms with van der Waals surface area (Å²) < 4.78 is 11.1. The van der Waals surface area contributed by atoms with Crippen LogP contribution in [0, 0.1) is 0 Å². The van der Waals surface area contributed by atoms with Crippen LogP contribution in [-0.2, 0) is 4.74 Å². The van der Waals surface area contributed by atoms with E-state index >= 15 is 0 Å². The Bertz CT molecular complexity index is 1020. The van der Waals surface area contributed by atoms with Crippen LogP contribution in [0.5, 0.6) is 0 Å². The summed E-state index contributed by atoms with van der Waals surface area (Å²) in [6.45, 7) is 4.07. The molecule has 0 spiro atoms. The molecule has 3 heterocycles. The molecule has 1 atom stereocenters. The highest BCUT2D eigenvalue weighted by Gasteiger charge is 2.40. The van der Waals surface area contributed by atoms with Crippen molar-refractivity contribution in [2.75, 3.05) is 44.4 Å². The molecule has 156 valence electrons. The van der Waals surface area contributed by atoms with Crippen molar-refractivity contribution < 1.29 is 14.1 Å². The van der Waals surface area contributed by atoms with Gasteiger partial charge in [-0.05, 0) is 30.4 Å². The Morgan fingerprint density at radius 3 is 2.77 bits per heavy atom. The Hall–Kier alpha value is -2.35. The fraction of sp³-hybridized carbons (Fsp3) is 0.391. The van der Waals surface area contributed by atoms with Gasteiger partial charge in [-0.2, -0.15) is 11.8 Å². The molecule has 1 N–H and O–H groups in total. The molecule has 3 aromatic rings. The molecule has 6 nitrogen and oxygen atoms in total. The van der Waals surface area contributed by atoms with Crippen LogP contribution in [0.3, 0.4) is 0 Å². The smallest absolute Gasteiger partial charge is 0.251 e. The average Bonchev–Trinajstić information content (AvgIpc) is 3.46. The van der Waals surface area contributed by atoms with Gasteiger partial charge in [-0.15, -0.1) is 0 Å². The van der Waals surface area contributed by atoms with Crippen molar-refractivity contribution in [2.45, 2.75) is 12.0 Å². The molecule has 1 amide bonds. The number of carbonyl (C=O) groups is 1. The summed E-state index contributed by atoms with van der Waals surface area (Å²) in [7, 11) is 0. The Labute approximate surface area is 179 Å². The minimum Gasteiger partial charge on any atom is -0.379 e. The third kappa shape index (κ3) is 3.73. The van der Waals surface area contributed by atoms with Gasteiger partial charge in [0.15, 0.2) is 5.76 Å². The molecule has 0 bridgehead atoms. The van der Waals surface area contributed by atoms with Crippen LogP contribution in [0.15, 0.2) is 53.1 Å². The summed E-state index contributed by atoms with van der Waals surface area (Å²) in [5.74, 6) is 2.83. The standard InChI is InChI=1S/C23H25N3O3S/c27-22(24-15-23(8-13-30-16-23)26-9-11-28-12-10-26)18-6-7-20-19(14-18)21(29-25-20)17-4-2-1-3-5-17/h1-7,14H,8-13,15-16H2,(H,24,27). The van der Waals surface area contributed by atoms with Gasteiger partial charge in [0.2, 0.25) is 0 Å². The van der Waals surface area contributed by atoms with E-state index in [0.717, 1.165) is 60.7 Å². The molecule has 2 saturated heterocycles. The molecule has 2 fully saturated rings. The molecule has 2 aromatic carbocycles. The topological polar surface area (TPSA) is 67.6 Å². The van der Waals surface area contributed by atoms with Gasteiger partial charge in [-0.3, -0.25) is 9.69 Å². The van der Waals surface area contributed by atoms with Crippen LogP contribution in [0.1, 0.15) is 16.8 Å². The first-order chi connectivity index (χ1) is 14.8. The first-order valence-corrected chi connectivity index (χ1v) is 11.5. The summed E-state index contributed by atoms with van der Waals surface area (Å²) >= 11 is 1.97. The monoisotopic (exact) mass is 423 g/mol. The predicted molar refractivity (Wildman–Crippen MR) is 119 cm³/mol. The summed E-state index contributed by atoms with van der Waals surface area (Å²) in [6, 6.07) is 15.4. The highest BCUT2D eigenvalue weighted by molar-refractivity contribution is 7.99. The van der Waals surface area contributed by atoms with Crippen LogP contribution >= 0.6 is 11.8 Å². The lowest BCUT2D eigenvalue weighted by Crippen LogP contribution is -2.59. The van der Waals surface area contributed by atoms with Crippen LogP contribution in [0.2, 0.25) is 0 Å². The number of nitrogens with one attached hydrogen (secondary N) is 1.